The second-order valence-electron chi connectivity index (χ2n) is 6.39. The van der Waals surface area contributed by atoms with Crippen LogP contribution in [0.4, 0.5) is 0 Å². The van der Waals surface area contributed by atoms with Crippen molar-refractivity contribution in [3.8, 4) is 11.4 Å². The minimum Gasteiger partial charge on any atom is -0.338 e. The molecule has 130 valence electrons. The van der Waals surface area contributed by atoms with Crippen molar-refractivity contribution >= 4 is 21.2 Å². The third kappa shape index (κ3) is 3.53. The standard InChI is InChI=1S/C15H20N4O3S2/c20-24(21)8-2-13(11-24)19-5-3-18(4-6-19)9-14-16-15(17-22-14)12-1-7-23-10-12/h1,7,10,13H,2-6,8-9,11H2. The summed E-state index contributed by atoms with van der Waals surface area (Å²) in [7, 11) is -2.81. The van der Waals surface area contributed by atoms with Gasteiger partial charge in [-0.2, -0.15) is 16.3 Å². The van der Waals surface area contributed by atoms with E-state index in [0.29, 0.717) is 29.8 Å². The van der Waals surface area contributed by atoms with Crippen LogP contribution in [0.5, 0.6) is 0 Å². The van der Waals surface area contributed by atoms with Crippen molar-refractivity contribution in [2.75, 3.05) is 37.7 Å². The second kappa shape index (κ2) is 6.55. The Kier molecular flexibility index (Phi) is 4.42. The van der Waals surface area contributed by atoms with Crippen molar-refractivity contribution < 1.29 is 12.9 Å². The smallest absolute Gasteiger partial charge is 0.241 e. The van der Waals surface area contributed by atoms with Gasteiger partial charge in [-0.25, -0.2) is 8.42 Å². The molecule has 2 fully saturated rings. The van der Waals surface area contributed by atoms with Gasteiger partial charge in [-0.3, -0.25) is 9.80 Å². The number of hydrogen-bond donors (Lipinski definition) is 0. The predicted octanol–water partition coefficient (Wildman–Crippen LogP) is 1.10. The first-order valence-corrected chi connectivity index (χ1v) is 10.9. The van der Waals surface area contributed by atoms with Crippen LogP contribution in [-0.4, -0.2) is 72.1 Å². The lowest BCUT2D eigenvalue weighted by Gasteiger charge is -2.37. The SMILES string of the molecule is O=S1(=O)CCC(N2CCN(Cc3nc(-c4ccsc4)no3)CC2)C1. The average molecular weight is 368 g/mol. The molecule has 0 aromatic carbocycles. The van der Waals surface area contributed by atoms with Crippen LogP contribution in [0.2, 0.25) is 0 Å². The van der Waals surface area contributed by atoms with Crippen LogP contribution >= 0.6 is 11.3 Å². The van der Waals surface area contributed by atoms with Crippen LogP contribution in [0.1, 0.15) is 12.3 Å². The quantitative estimate of drug-likeness (QED) is 0.799. The van der Waals surface area contributed by atoms with Gasteiger partial charge in [0, 0.05) is 43.2 Å². The fourth-order valence-electron chi connectivity index (χ4n) is 3.37. The van der Waals surface area contributed by atoms with Gasteiger partial charge in [-0.15, -0.1) is 0 Å². The largest absolute Gasteiger partial charge is 0.338 e. The number of piperazine rings is 1. The number of aromatic nitrogens is 2. The minimum atomic E-state index is -2.81. The summed E-state index contributed by atoms with van der Waals surface area (Å²) in [4.78, 5) is 9.05. The Morgan fingerprint density at radius 2 is 2.12 bits per heavy atom. The number of thiophene rings is 1. The molecule has 4 rings (SSSR count). The van der Waals surface area contributed by atoms with Crippen LogP contribution < -0.4 is 0 Å². The molecule has 0 saturated carbocycles. The van der Waals surface area contributed by atoms with Crippen molar-refractivity contribution in [1.29, 1.82) is 0 Å². The molecule has 9 heteroatoms. The molecule has 0 bridgehead atoms. The summed E-state index contributed by atoms with van der Waals surface area (Å²) in [6, 6.07) is 2.18. The van der Waals surface area contributed by atoms with Gasteiger partial charge in [-0.05, 0) is 17.9 Å². The molecular formula is C15H20N4O3S2. The van der Waals surface area contributed by atoms with E-state index in [0.717, 1.165) is 38.2 Å². The maximum atomic E-state index is 11.6. The highest BCUT2D eigenvalue weighted by molar-refractivity contribution is 7.91. The van der Waals surface area contributed by atoms with Crippen molar-refractivity contribution in [3.05, 3.63) is 22.7 Å². The molecule has 2 aliphatic heterocycles. The summed E-state index contributed by atoms with van der Waals surface area (Å²) >= 11 is 1.61. The summed E-state index contributed by atoms with van der Waals surface area (Å²) in [6.07, 6.45) is 0.774. The van der Waals surface area contributed by atoms with Crippen molar-refractivity contribution in [2.45, 2.75) is 19.0 Å². The van der Waals surface area contributed by atoms with Crippen molar-refractivity contribution in [2.24, 2.45) is 0 Å². The first-order chi connectivity index (χ1) is 11.6. The minimum absolute atomic E-state index is 0.200. The van der Waals surface area contributed by atoms with Crippen LogP contribution in [0.25, 0.3) is 11.4 Å². The molecule has 1 unspecified atom stereocenters. The fraction of sp³-hybridized carbons (Fsp3) is 0.600. The molecule has 0 amide bonds. The van der Waals surface area contributed by atoms with Gasteiger partial charge in [0.05, 0.1) is 18.1 Å². The monoisotopic (exact) mass is 368 g/mol. The van der Waals surface area contributed by atoms with Gasteiger partial charge in [0.25, 0.3) is 0 Å². The molecule has 4 heterocycles. The summed E-state index contributed by atoms with van der Waals surface area (Å²) < 4.78 is 28.6. The van der Waals surface area contributed by atoms with E-state index in [2.05, 4.69) is 19.9 Å². The van der Waals surface area contributed by atoms with Crippen molar-refractivity contribution in [3.63, 3.8) is 0 Å². The van der Waals surface area contributed by atoms with E-state index in [1.165, 1.54) is 0 Å². The van der Waals surface area contributed by atoms with E-state index in [1.54, 1.807) is 11.3 Å². The van der Waals surface area contributed by atoms with E-state index in [1.807, 2.05) is 16.8 Å². The molecule has 0 aliphatic carbocycles. The fourth-order valence-corrected chi connectivity index (χ4v) is 5.77. The van der Waals surface area contributed by atoms with Crippen LogP contribution in [0.15, 0.2) is 21.3 Å². The highest BCUT2D eigenvalue weighted by Gasteiger charge is 2.33. The number of rotatable bonds is 4. The second-order valence-corrected chi connectivity index (χ2v) is 9.40. The van der Waals surface area contributed by atoms with E-state index in [4.69, 9.17) is 4.52 Å². The molecule has 0 spiro atoms. The first-order valence-electron chi connectivity index (χ1n) is 8.11. The van der Waals surface area contributed by atoms with Gasteiger partial charge in [0.1, 0.15) is 0 Å². The predicted molar refractivity (Wildman–Crippen MR) is 91.5 cm³/mol. The number of hydrogen-bond acceptors (Lipinski definition) is 8. The number of nitrogens with zero attached hydrogens (tertiary/aromatic N) is 4. The number of sulfone groups is 1. The van der Waals surface area contributed by atoms with E-state index in [9.17, 15) is 8.42 Å². The molecule has 2 aliphatic rings. The zero-order valence-electron chi connectivity index (χ0n) is 13.3. The molecule has 0 radical (unpaired) electrons. The molecule has 2 aromatic rings. The summed E-state index contributed by atoms with van der Waals surface area (Å²) in [5, 5.41) is 8.03. The summed E-state index contributed by atoms with van der Waals surface area (Å²) in [5.74, 6) is 1.93. The highest BCUT2D eigenvalue weighted by atomic mass is 32.2. The highest BCUT2D eigenvalue weighted by Crippen LogP contribution is 2.21. The molecule has 1 atom stereocenters. The lowest BCUT2D eigenvalue weighted by molar-refractivity contribution is 0.0926. The Morgan fingerprint density at radius 3 is 2.79 bits per heavy atom. The van der Waals surface area contributed by atoms with Gasteiger partial charge in [-0.1, -0.05) is 5.16 Å². The van der Waals surface area contributed by atoms with Crippen molar-refractivity contribution in [1.82, 2.24) is 19.9 Å². The lowest BCUT2D eigenvalue weighted by Crippen LogP contribution is -2.50. The molecule has 0 N–H and O–H groups in total. The Morgan fingerprint density at radius 1 is 1.29 bits per heavy atom. The molecule has 24 heavy (non-hydrogen) atoms. The Labute approximate surface area is 145 Å². The average Bonchev–Trinajstić information content (AvgIpc) is 3.28. The summed E-state index contributed by atoms with van der Waals surface area (Å²) in [6.45, 7) is 4.23. The Hall–Kier alpha value is -1.29. The topological polar surface area (TPSA) is 79.5 Å². The Bertz CT molecular complexity index is 780. The van der Waals surface area contributed by atoms with Crippen LogP contribution in [0, 0.1) is 0 Å². The van der Waals surface area contributed by atoms with E-state index < -0.39 is 9.84 Å². The third-order valence-corrected chi connectivity index (χ3v) is 7.17. The van der Waals surface area contributed by atoms with Gasteiger partial charge >= 0.3 is 0 Å². The van der Waals surface area contributed by atoms with Crippen LogP contribution in [0.3, 0.4) is 0 Å². The van der Waals surface area contributed by atoms with Crippen LogP contribution in [-0.2, 0) is 16.4 Å². The Balaban J connectivity index is 1.31. The van der Waals surface area contributed by atoms with Gasteiger partial charge < -0.3 is 4.52 Å². The lowest BCUT2D eigenvalue weighted by atomic mass is 10.2. The normalized spacial score (nSPS) is 25.2. The molecule has 2 aromatic heterocycles. The van der Waals surface area contributed by atoms with Gasteiger partial charge in [0.2, 0.25) is 11.7 Å². The maximum absolute atomic E-state index is 11.6. The summed E-state index contributed by atoms with van der Waals surface area (Å²) in [5.41, 5.74) is 0.988. The maximum Gasteiger partial charge on any atom is 0.241 e. The zero-order valence-corrected chi connectivity index (χ0v) is 14.9. The van der Waals surface area contributed by atoms with E-state index >= 15 is 0 Å². The molecule has 2 saturated heterocycles. The first kappa shape index (κ1) is 16.2. The van der Waals surface area contributed by atoms with E-state index in [-0.39, 0.29) is 6.04 Å². The third-order valence-electron chi connectivity index (χ3n) is 4.74. The molecule has 7 nitrogen and oxygen atoms in total. The zero-order chi connectivity index (χ0) is 16.6. The molecular weight excluding hydrogens is 348 g/mol. The van der Waals surface area contributed by atoms with Gasteiger partial charge in [0.15, 0.2) is 9.84 Å².